The Bertz CT molecular complexity index is 793. The molecule has 6 nitrogen and oxygen atoms in total. The second kappa shape index (κ2) is 9.08. The number of aryl methyl sites for hydroxylation is 2. The molecule has 0 aliphatic carbocycles. The van der Waals surface area contributed by atoms with Crippen LogP contribution in [0.25, 0.3) is 0 Å². The summed E-state index contributed by atoms with van der Waals surface area (Å²) in [6.45, 7) is 7.53. The fourth-order valence-electron chi connectivity index (χ4n) is 2.86. The van der Waals surface area contributed by atoms with E-state index in [4.69, 9.17) is 4.52 Å². The third-order valence-electron chi connectivity index (χ3n) is 5.08. The highest BCUT2D eigenvalue weighted by Gasteiger charge is 2.35. The van der Waals surface area contributed by atoms with Crippen molar-refractivity contribution in [3.05, 3.63) is 46.8 Å². The van der Waals surface area contributed by atoms with Crippen LogP contribution in [0.2, 0.25) is 0 Å². The zero-order valence-corrected chi connectivity index (χ0v) is 17.0. The van der Waals surface area contributed by atoms with Crippen LogP contribution in [0.4, 0.5) is 0 Å². The number of amides is 1. The summed E-state index contributed by atoms with van der Waals surface area (Å²) in [7, 11) is 0. The van der Waals surface area contributed by atoms with Crippen LogP contribution in [0.15, 0.2) is 33.7 Å². The van der Waals surface area contributed by atoms with Crippen LogP contribution in [0, 0.1) is 19.3 Å². The number of carboxylic acid groups (broad SMARTS) is 1. The number of nitrogens with one attached hydrogen (secondary N) is 1. The number of rotatable bonds is 9. The van der Waals surface area contributed by atoms with E-state index in [-0.39, 0.29) is 12.5 Å². The summed E-state index contributed by atoms with van der Waals surface area (Å²) in [4.78, 5) is 25.2. The maximum Gasteiger partial charge on any atom is 0.311 e. The van der Waals surface area contributed by atoms with Crippen LogP contribution in [0.3, 0.4) is 0 Å². The van der Waals surface area contributed by atoms with Gasteiger partial charge in [0.1, 0.15) is 5.76 Å². The van der Waals surface area contributed by atoms with Crippen LogP contribution in [0.1, 0.15) is 54.1 Å². The van der Waals surface area contributed by atoms with Gasteiger partial charge in [-0.25, -0.2) is 0 Å². The third-order valence-corrected chi connectivity index (χ3v) is 6.18. The number of hydrogen-bond acceptors (Lipinski definition) is 5. The summed E-state index contributed by atoms with van der Waals surface area (Å²) in [6, 6.07) is 7.33. The number of carboxylic acids is 1. The van der Waals surface area contributed by atoms with E-state index in [0.717, 1.165) is 21.9 Å². The van der Waals surface area contributed by atoms with E-state index in [0.29, 0.717) is 24.2 Å². The molecule has 2 rings (SSSR count). The molecule has 1 aromatic heterocycles. The fraction of sp³-hybridized carbons (Fsp3) is 0.450. The third kappa shape index (κ3) is 4.71. The van der Waals surface area contributed by atoms with Crippen LogP contribution in [-0.4, -0.2) is 28.7 Å². The predicted molar refractivity (Wildman–Crippen MR) is 105 cm³/mol. The van der Waals surface area contributed by atoms with Gasteiger partial charge >= 0.3 is 5.97 Å². The normalized spacial score (nSPS) is 11.4. The Labute approximate surface area is 163 Å². The zero-order chi connectivity index (χ0) is 20.0. The number of aromatic nitrogens is 1. The van der Waals surface area contributed by atoms with Crippen molar-refractivity contribution >= 4 is 23.6 Å². The number of hydrogen-bond donors (Lipinski definition) is 2. The first kappa shape index (κ1) is 21.0. The maximum atomic E-state index is 12.7. The Kier molecular flexibility index (Phi) is 7.07. The molecule has 27 heavy (non-hydrogen) atoms. The summed E-state index contributed by atoms with van der Waals surface area (Å²) < 4.78 is 5.19. The summed E-state index contributed by atoms with van der Waals surface area (Å²) in [5.74, 6) is 0.284. The monoisotopic (exact) mass is 390 g/mol. The molecule has 0 unspecified atom stereocenters. The molecule has 0 atom stereocenters. The van der Waals surface area contributed by atoms with E-state index < -0.39 is 11.4 Å². The molecule has 1 heterocycles. The zero-order valence-electron chi connectivity index (χ0n) is 16.2. The van der Waals surface area contributed by atoms with Crippen LogP contribution >= 0.6 is 11.8 Å². The number of aliphatic carboxylic acids is 1. The minimum absolute atomic E-state index is 0.108. The van der Waals surface area contributed by atoms with E-state index in [1.54, 1.807) is 12.1 Å². The Hall–Kier alpha value is -2.28. The quantitative estimate of drug-likeness (QED) is 0.623. The smallest absolute Gasteiger partial charge is 0.311 e. The first-order chi connectivity index (χ1) is 12.8. The molecule has 1 amide bonds. The first-order valence-corrected chi connectivity index (χ1v) is 9.98. The Balaban J connectivity index is 2.12. The van der Waals surface area contributed by atoms with E-state index in [9.17, 15) is 14.7 Å². The molecule has 0 spiro atoms. The number of carbonyl (C=O) groups excluding carboxylic acids is 1. The van der Waals surface area contributed by atoms with Gasteiger partial charge in [0, 0.05) is 22.8 Å². The molecule has 7 heteroatoms. The second-order valence-electron chi connectivity index (χ2n) is 6.56. The summed E-state index contributed by atoms with van der Waals surface area (Å²) in [5.41, 5.74) is 1.48. The van der Waals surface area contributed by atoms with Gasteiger partial charge in [-0.1, -0.05) is 31.1 Å². The summed E-state index contributed by atoms with van der Waals surface area (Å²) in [5, 5.41) is 16.3. The molecule has 2 N–H and O–H groups in total. The molecule has 0 aliphatic rings. The SMILES string of the molecule is CCC(CC)(CNC(=O)c1ccccc1SCc1c(C)noc1C)C(=O)O. The number of nitrogens with zero attached hydrogens (tertiary/aromatic N) is 1. The van der Waals surface area contributed by atoms with Crippen LogP contribution < -0.4 is 5.32 Å². The molecule has 0 fully saturated rings. The van der Waals surface area contributed by atoms with Gasteiger partial charge in [-0.05, 0) is 38.8 Å². The number of thioether (sulfide) groups is 1. The molecule has 146 valence electrons. The van der Waals surface area contributed by atoms with Gasteiger partial charge < -0.3 is 14.9 Å². The van der Waals surface area contributed by atoms with Crippen LogP contribution in [0.5, 0.6) is 0 Å². The van der Waals surface area contributed by atoms with E-state index >= 15 is 0 Å². The van der Waals surface area contributed by atoms with Gasteiger partial charge in [-0.3, -0.25) is 9.59 Å². The van der Waals surface area contributed by atoms with Crippen molar-refractivity contribution in [2.75, 3.05) is 6.54 Å². The van der Waals surface area contributed by atoms with E-state index in [1.165, 1.54) is 11.8 Å². The highest BCUT2D eigenvalue weighted by atomic mass is 32.2. The predicted octanol–water partition coefficient (Wildman–Crippen LogP) is 4.20. The summed E-state index contributed by atoms with van der Waals surface area (Å²) >= 11 is 1.54. The molecule has 0 radical (unpaired) electrons. The standard InChI is InChI=1S/C20H26N2O4S/c1-5-20(6-2,19(24)25)12-21-18(23)15-9-7-8-10-17(15)27-11-16-13(3)22-26-14(16)4/h7-10H,5-6,11-12H2,1-4H3,(H,21,23)(H,24,25). The van der Waals surface area contributed by atoms with Crippen molar-refractivity contribution in [1.82, 2.24) is 10.5 Å². The topological polar surface area (TPSA) is 92.4 Å². The van der Waals surface area contributed by atoms with Crippen molar-refractivity contribution in [2.45, 2.75) is 51.2 Å². The highest BCUT2D eigenvalue weighted by Crippen LogP contribution is 2.29. The average molecular weight is 391 g/mol. The molecule has 2 aromatic rings. The number of benzene rings is 1. The minimum Gasteiger partial charge on any atom is -0.481 e. The summed E-state index contributed by atoms with van der Waals surface area (Å²) in [6.07, 6.45) is 0.920. The second-order valence-corrected chi connectivity index (χ2v) is 7.58. The van der Waals surface area contributed by atoms with Crippen molar-refractivity contribution in [3.63, 3.8) is 0 Å². The highest BCUT2D eigenvalue weighted by molar-refractivity contribution is 7.98. The van der Waals surface area contributed by atoms with Gasteiger partial charge in [0.15, 0.2) is 0 Å². The Morgan fingerprint density at radius 2 is 1.89 bits per heavy atom. The molecule has 0 saturated heterocycles. The maximum absolute atomic E-state index is 12.7. The number of carbonyl (C=O) groups is 2. The Morgan fingerprint density at radius 3 is 2.44 bits per heavy atom. The van der Waals surface area contributed by atoms with Gasteiger partial charge in [-0.2, -0.15) is 0 Å². The van der Waals surface area contributed by atoms with Crippen molar-refractivity contribution in [2.24, 2.45) is 5.41 Å². The lowest BCUT2D eigenvalue weighted by Crippen LogP contribution is -2.42. The molecule has 0 bridgehead atoms. The lowest BCUT2D eigenvalue weighted by Gasteiger charge is -2.27. The fourth-order valence-corrected chi connectivity index (χ4v) is 4.06. The molecular weight excluding hydrogens is 364 g/mol. The Morgan fingerprint density at radius 1 is 1.22 bits per heavy atom. The minimum atomic E-state index is -0.936. The van der Waals surface area contributed by atoms with Crippen molar-refractivity contribution in [1.29, 1.82) is 0 Å². The largest absolute Gasteiger partial charge is 0.481 e. The lowest BCUT2D eigenvalue weighted by atomic mass is 9.82. The van der Waals surface area contributed by atoms with Crippen LogP contribution in [-0.2, 0) is 10.5 Å². The van der Waals surface area contributed by atoms with E-state index in [1.807, 2.05) is 39.8 Å². The molecule has 1 aromatic carbocycles. The molecule has 0 aliphatic heterocycles. The molecule has 0 saturated carbocycles. The van der Waals surface area contributed by atoms with Crippen molar-refractivity contribution in [3.8, 4) is 0 Å². The first-order valence-electron chi connectivity index (χ1n) is 8.99. The van der Waals surface area contributed by atoms with Gasteiger partial charge in [0.2, 0.25) is 0 Å². The lowest BCUT2D eigenvalue weighted by molar-refractivity contribution is -0.149. The molecular formula is C20H26N2O4S. The van der Waals surface area contributed by atoms with Crippen molar-refractivity contribution < 1.29 is 19.2 Å². The van der Waals surface area contributed by atoms with Gasteiger partial charge in [0.05, 0.1) is 16.7 Å². The van der Waals surface area contributed by atoms with E-state index in [2.05, 4.69) is 10.5 Å². The average Bonchev–Trinajstić information content (AvgIpc) is 2.99. The van der Waals surface area contributed by atoms with Gasteiger partial charge in [0.25, 0.3) is 5.91 Å². The van der Waals surface area contributed by atoms with Gasteiger partial charge in [-0.15, -0.1) is 11.8 Å².